The van der Waals surface area contributed by atoms with Crippen molar-refractivity contribution in [3.8, 4) is 0 Å². The van der Waals surface area contributed by atoms with Crippen molar-refractivity contribution >= 4 is 17.5 Å². The van der Waals surface area contributed by atoms with Crippen LogP contribution in [0.4, 0.5) is 0 Å². The van der Waals surface area contributed by atoms with Gasteiger partial charge in [0.1, 0.15) is 0 Å². The van der Waals surface area contributed by atoms with Crippen LogP contribution in [0.15, 0.2) is 18.2 Å². The standard InChI is InChI=1S/C15H21ClN2O/c1-11-5-4-6-12(13(11)16)14(19)18-9-7-15(2,17-3)8-10-18/h4-6,17H,7-10H2,1-3H3. The van der Waals surface area contributed by atoms with Gasteiger partial charge in [0, 0.05) is 18.6 Å². The average Bonchev–Trinajstić information content (AvgIpc) is 2.42. The topological polar surface area (TPSA) is 32.3 Å². The molecule has 4 heteroatoms. The van der Waals surface area contributed by atoms with Crippen molar-refractivity contribution in [1.29, 1.82) is 0 Å². The highest BCUT2D eigenvalue weighted by atomic mass is 35.5. The van der Waals surface area contributed by atoms with Crippen molar-refractivity contribution < 1.29 is 4.79 Å². The lowest BCUT2D eigenvalue weighted by Gasteiger charge is -2.39. The molecule has 0 atom stereocenters. The highest BCUT2D eigenvalue weighted by Gasteiger charge is 2.31. The molecule has 1 fully saturated rings. The number of halogens is 1. The summed E-state index contributed by atoms with van der Waals surface area (Å²) in [5.74, 6) is 0.0480. The fourth-order valence-corrected chi connectivity index (χ4v) is 2.64. The van der Waals surface area contributed by atoms with E-state index in [4.69, 9.17) is 11.6 Å². The second kappa shape index (κ2) is 5.51. The van der Waals surface area contributed by atoms with Gasteiger partial charge in [-0.2, -0.15) is 0 Å². The molecule has 1 heterocycles. The van der Waals surface area contributed by atoms with Crippen LogP contribution in [0.5, 0.6) is 0 Å². The molecule has 0 unspecified atom stereocenters. The van der Waals surface area contributed by atoms with Crippen molar-refractivity contribution in [2.75, 3.05) is 20.1 Å². The zero-order valence-electron chi connectivity index (χ0n) is 11.8. The van der Waals surface area contributed by atoms with E-state index in [0.717, 1.165) is 31.5 Å². The van der Waals surface area contributed by atoms with E-state index in [9.17, 15) is 4.79 Å². The van der Waals surface area contributed by atoms with Crippen molar-refractivity contribution in [2.24, 2.45) is 0 Å². The van der Waals surface area contributed by atoms with Crippen molar-refractivity contribution in [1.82, 2.24) is 10.2 Å². The number of aryl methyl sites for hydroxylation is 1. The number of carbonyl (C=O) groups is 1. The maximum atomic E-state index is 12.5. The molecule has 0 aromatic heterocycles. The third kappa shape index (κ3) is 2.93. The maximum Gasteiger partial charge on any atom is 0.255 e. The molecular weight excluding hydrogens is 260 g/mol. The van der Waals surface area contributed by atoms with Gasteiger partial charge in [0.05, 0.1) is 10.6 Å². The Morgan fingerprint density at radius 3 is 2.58 bits per heavy atom. The number of likely N-dealkylation sites (tertiary alicyclic amines) is 1. The number of benzene rings is 1. The first kappa shape index (κ1) is 14.4. The lowest BCUT2D eigenvalue weighted by atomic mass is 9.89. The van der Waals surface area contributed by atoms with Gasteiger partial charge >= 0.3 is 0 Å². The smallest absolute Gasteiger partial charge is 0.255 e. The summed E-state index contributed by atoms with van der Waals surface area (Å²) in [6.07, 6.45) is 1.94. The van der Waals surface area contributed by atoms with Crippen LogP contribution in [0.2, 0.25) is 5.02 Å². The SMILES string of the molecule is CNC1(C)CCN(C(=O)c2cccc(C)c2Cl)CC1. The van der Waals surface area contributed by atoms with E-state index >= 15 is 0 Å². The summed E-state index contributed by atoms with van der Waals surface area (Å²) in [5, 5.41) is 3.91. The summed E-state index contributed by atoms with van der Waals surface area (Å²) in [4.78, 5) is 14.4. The van der Waals surface area contributed by atoms with E-state index in [0.29, 0.717) is 10.6 Å². The Hall–Kier alpha value is -1.06. The fraction of sp³-hybridized carbons (Fsp3) is 0.533. The van der Waals surface area contributed by atoms with Gasteiger partial charge in [0.15, 0.2) is 0 Å². The molecule has 1 aliphatic rings. The summed E-state index contributed by atoms with van der Waals surface area (Å²) in [6.45, 7) is 5.68. The first-order valence-corrected chi connectivity index (χ1v) is 7.08. The molecule has 0 bridgehead atoms. The molecule has 0 radical (unpaired) electrons. The van der Waals surface area contributed by atoms with Crippen LogP contribution in [-0.4, -0.2) is 36.5 Å². The largest absolute Gasteiger partial charge is 0.338 e. The summed E-state index contributed by atoms with van der Waals surface area (Å²) in [7, 11) is 1.98. The van der Waals surface area contributed by atoms with Crippen LogP contribution in [0.1, 0.15) is 35.7 Å². The van der Waals surface area contributed by atoms with Crippen LogP contribution < -0.4 is 5.32 Å². The van der Waals surface area contributed by atoms with Crippen molar-refractivity contribution in [3.63, 3.8) is 0 Å². The number of amides is 1. The predicted octanol–water partition coefficient (Wildman–Crippen LogP) is 2.86. The molecular formula is C15H21ClN2O. The number of hydrogen-bond donors (Lipinski definition) is 1. The van der Waals surface area contributed by atoms with Gasteiger partial charge in [-0.05, 0) is 45.4 Å². The minimum atomic E-state index is 0.0480. The number of nitrogens with zero attached hydrogens (tertiary/aromatic N) is 1. The second-order valence-electron chi connectivity index (χ2n) is 5.54. The van der Waals surface area contributed by atoms with Crippen LogP contribution in [0, 0.1) is 6.92 Å². The van der Waals surface area contributed by atoms with Crippen LogP contribution in [0.25, 0.3) is 0 Å². The highest BCUT2D eigenvalue weighted by molar-refractivity contribution is 6.34. The molecule has 1 aromatic rings. The molecule has 1 aromatic carbocycles. The Morgan fingerprint density at radius 2 is 2.00 bits per heavy atom. The third-order valence-electron chi connectivity index (χ3n) is 4.18. The van der Waals surface area contributed by atoms with Crippen LogP contribution in [0.3, 0.4) is 0 Å². The molecule has 104 valence electrons. The summed E-state index contributed by atoms with van der Waals surface area (Å²) >= 11 is 6.23. The number of rotatable bonds is 2. The maximum absolute atomic E-state index is 12.5. The Morgan fingerprint density at radius 1 is 1.37 bits per heavy atom. The van der Waals surface area contributed by atoms with Gasteiger partial charge in [0.2, 0.25) is 0 Å². The third-order valence-corrected chi connectivity index (χ3v) is 4.68. The molecule has 1 aliphatic heterocycles. The van der Waals surface area contributed by atoms with Gasteiger partial charge in [-0.25, -0.2) is 0 Å². The average molecular weight is 281 g/mol. The number of carbonyl (C=O) groups excluding carboxylic acids is 1. The van der Waals surface area contributed by atoms with Gasteiger partial charge in [-0.3, -0.25) is 4.79 Å². The molecule has 1 N–H and O–H groups in total. The first-order valence-electron chi connectivity index (χ1n) is 6.70. The van der Waals surface area contributed by atoms with Crippen molar-refractivity contribution in [2.45, 2.75) is 32.2 Å². The van der Waals surface area contributed by atoms with Crippen LogP contribution >= 0.6 is 11.6 Å². The minimum absolute atomic E-state index is 0.0480. The minimum Gasteiger partial charge on any atom is -0.338 e. The second-order valence-corrected chi connectivity index (χ2v) is 5.92. The molecule has 0 aliphatic carbocycles. The number of piperidine rings is 1. The molecule has 3 nitrogen and oxygen atoms in total. The molecule has 0 saturated carbocycles. The van der Waals surface area contributed by atoms with Gasteiger partial charge in [-0.15, -0.1) is 0 Å². The van der Waals surface area contributed by atoms with E-state index in [1.54, 1.807) is 0 Å². The number of nitrogens with one attached hydrogen (secondary N) is 1. The Bertz CT molecular complexity index is 479. The predicted molar refractivity (Wildman–Crippen MR) is 78.8 cm³/mol. The summed E-state index contributed by atoms with van der Waals surface area (Å²) in [6, 6.07) is 5.62. The van der Waals surface area contributed by atoms with E-state index in [1.165, 1.54) is 0 Å². The van der Waals surface area contributed by atoms with Gasteiger partial charge in [-0.1, -0.05) is 23.7 Å². The lowest BCUT2D eigenvalue weighted by Crippen LogP contribution is -2.51. The van der Waals surface area contributed by atoms with Gasteiger partial charge in [0.25, 0.3) is 5.91 Å². The highest BCUT2D eigenvalue weighted by Crippen LogP contribution is 2.26. The zero-order valence-corrected chi connectivity index (χ0v) is 12.5. The van der Waals surface area contributed by atoms with Gasteiger partial charge < -0.3 is 10.2 Å². The van der Waals surface area contributed by atoms with E-state index < -0.39 is 0 Å². The number of hydrogen-bond acceptors (Lipinski definition) is 2. The fourth-order valence-electron chi connectivity index (χ4n) is 2.44. The van der Waals surface area contributed by atoms with Crippen molar-refractivity contribution in [3.05, 3.63) is 34.3 Å². The first-order chi connectivity index (χ1) is 8.97. The Labute approximate surface area is 119 Å². The molecule has 1 saturated heterocycles. The normalized spacial score (nSPS) is 18.4. The molecule has 19 heavy (non-hydrogen) atoms. The Kier molecular flexibility index (Phi) is 4.16. The summed E-state index contributed by atoms with van der Waals surface area (Å²) < 4.78 is 0. The monoisotopic (exact) mass is 280 g/mol. The van der Waals surface area contributed by atoms with E-state index in [1.807, 2.05) is 37.1 Å². The zero-order chi connectivity index (χ0) is 14.0. The molecule has 1 amide bonds. The lowest BCUT2D eigenvalue weighted by molar-refractivity contribution is 0.0662. The Balaban J connectivity index is 2.12. The molecule has 0 spiro atoms. The van der Waals surface area contributed by atoms with E-state index in [-0.39, 0.29) is 11.4 Å². The van der Waals surface area contributed by atoms with Crippen LogP contribution in [-0.2, 0) is 0 Å². The molecule has 2 rings (SSSR count). The quantitative estimate of drug-likeness (QED) is 0.903. The summed E-state index contributed by atoms with van der Waals surface area (Å²) in [5.41, 5.74) is 1.71. The van der Waals surface area contributed by atoms with E-state index in [2.05, 4.69) is 12.2 Å².